The molecule has 3 nitrogen and oxygen atoms in total. The molecule has 0 radical (unpaired) electrons. The first-order valence-corrected chi connectivity index (χ1v) is 7.48. The Balaban J connectivity index is 2.05. The van der Waals surface area contributed by atoms with Crippen molar-refractivity contribution in [2.24, 2.45) is 5.92 Å². The molecule has 1 amide bonds. The van der Waals surface area contributed by atoms with Gasteiger partial charge < -0.3 is 10.1 Å². The standard InChI is InChI=1S/C14H17BrFNO2/c1-19-13-6-5-9(7-11(13)16)14(18)17-12-4-2-3-10(12)8-15/h5-7,10,12H,2-4,8H2,1H3,(H,17,18). The zero-order chi connectivity index (χ0) is 13.8. The number of halogens is 2. The molecule has 2 rings (SSSR count). The van der Waals surface area contributed by atoms with Crippen molar-refractivity contribution in [2.75, 3.05) is 12.4 Å². The maximum Gasteiger partial charge on any atom is 0.251 e. The van der Waals surface area contributed by atoms with Crippen molar-refractivity contribution in [2.45, 2.75) is 25.3 Å². The average Bonchev–Trinajstić information content (AvgIpc) is 2.85. The number of hydrogen-bond donors (Lipinski definition) is 1. The molecule has 0 spiro atoms. The first kappa shape index (κ1) is 14.3. The van der Waals surface area contributed by atoms with Gasteiger partial charge in [-0.15, -0.1) is 0 Å². The Bertz CT molecular complexity index is 467. The highest BCUT2D eigenvalue weighted by molar-refractivity contribution is 9.09. The van der Waals surface area contributed by atoms with Gasteiger partial charge in [0, 0.05) is 16.9 Å². The van der Waals surface area contributed by atoms with Gasteiger partial charge in [0.25, 0.3) is 5.91 Å². The molecule has 1 N–H and O–H groups in total. The fourth-order valence-electron chi connectivity index (χ4n) is 2.47. The summed E-state index contributed by atoms with van der Waals surface area (Å²) in [7, 11) is 1.40. The minimum absolute atomic E-state index is 0.149. The van der Waals surface area contributed by atoms with E-state index in [2.05, 4.69) is 21.2 Å². The SMILES string of the molecule is COc1ccc(C(=O)NC2CCCC2CBr)cc1F. The third-order valence-corrected chi connectivity index (χ3v) is 4.42. The maximum atomic E-state index is 13.6. The topological polar surface area (TPSA) is 38.3 Å². The highest BCUT2D eigenvalue weighted by Crippen LogP contribution is 2.27. The second-order valence-corrected chi connectivity index (χ2v) is 5.42. The van der Waals surface area contributed by atoms with Crippen LogP contribution < -0.4 is 10.1 Å². The largest absolute Gasteiger partial charge is 0.494 e. The Kier molecular flexibility index (Phi) is 4.80. The Hall–Kier alpha value is -1.10. The third kappa shape index (κ3) is 3.26. The van der Waals surface area contributed by atoms with E-state index in [-0.39, 0.29) is 17.7 Å². The van der Waals surface area contributed by atoms with Gasteiger partial charge in [-0.1, -0.05) is 22.4 Å². The molecule has 104 valence electrons. The van der Waals surface area contributed by atoms with Crippen LogP contribution in [0.4, 0.5) is 4.39 Å². The van der Waals surface area contributed by atoms with Gasteiger partial charge in [-0.25, -0.2) is 4.39 Å². The van der Waals surface area contributed by atoms with Gasteiger partial charge in [-0.05, 0) is 37.0 Å². The van der Waals surface area contributed by atoms with Crippen LogP contribution in [-0.4, -0.2) is 24.4 Å². The number of nitrogens with one attached hydrogen (secondary N) is 1. The van der Waals surface area contributed by atoms with E-state index in [1.54, 1.807) is 6.07 Å². The number of amides is 1. The van der Waals surface area contributed by atoms with Gasteiger partial charge in [0.1, 0.15) is 0 Å². The maximum absolute atomic E-state index is 13.6. The van der Waals surface area contributed by atoms with Gasteiger partial charge >= 0.3 is 0 Å². The highest BCUT2D eigenvalue weighted by atomic mass is 79.9. The molecule has 1 fully saturated rings. The van der Waals surface area contributed by atoms with E-state index in [0.717, 1.165) is 24.6 Å². The Morgan fingerprint density at radius 3 is 2.95 bits per heavy atom. The lowest BCUT2D eigenvalue weighted by molar-refractivity contribution is 0.0929. The Morgan fingerprint density at radius 2 is 2.32 bits per heavy atom. The van der Waals surface area contributed by atoms with Crippen LogP contribution in [0, 0.1) is 11.7 Å². The third-order valence-electron chi connectivity index (χ3n) is 3.59. The molecule has 1 aliphatic rings. The lowest BCUT2D eigenvalue weighted by Gasteiger charge is -2.19. The van der Waals surface area contributed by atoms with Crippen molar-refractivity contribution >= 4 is 21.8 Å². The van der Waals surface area contributed by atoms with Crippen molar-refractivity contribution in [1.82, 2.24) is 5.32 Å². The van der Waals surface area contributed by atoms with Gasteiger partial charge in [0.2, 0.25) is 0 Å². The molecule has 0 bridgehead atoms. The van der Waals surface area contributed by atoms with Crippen LogP contribution in [0.5, 0.6) is 5.75 Å². The summed E-state index contributed by atoms with van der Waals surface area (Å²) in [6.45, 7) is 0. The van der Waals surface area contributed by atoms with Gasteiger partial charge in [0.05, 0.1) is 7.11 Å². The molecule has 0 heterocycles. The number of alkyl halides is 1. The van der Waals surface area contributed by atoms with Crippen LogP contribution in [0.25, 0.3) is 0 Å². The number of ether oxygens (including phenoxy) is 1. The monoisotopic (exact) mass is 329 g/mol. The molecule has 2 unspecified atom stereocenters. The summed E-state index contributed by atoms with van der Waals surface area (Å²) in [5, 5.41) is 3.87. The molecule has 0 aliphatic heterocycles. The predicted molar refractivity (Wildman–Crippen MR) is 75.3 cm³/mol. The van der Waals surface area contributed by atoms with E-state index in [9.17, 15) is 9.18 Å². The van der Waals surface area contributed by atoms with Crippen LogP contribution in [0.2, 0.25) is 0 Å². The molecule has 0 aromatic heterocycles. The van der Waals surface area contributed by atoms with Crippen LogP contribution in [0.3, 0.4) is 0 Å². The summed E-state index contributed by atoms with van der Waals surface area (Å²) in [4.78, 5) is 12.1. The van der Waals surface area contributed by atoms with E-state index < -0.39 is 5.82 Å². The van der Waals surface area contributed by atoms with Gasteiger partial charge in [-0.2, -0.15) is 0 Å². The van der Waals surface area contributed by atoms with Crippen LogP contribution in [0.1, 0.15) is 29.6 Å². The summed E-state index contributed by atoms with van der Waals surface area (Å²) in [6, 6.07) is 4.44. The lowest BCUT2D eigenvalue weighted by atomic mass is 10.1. The van der Waals surface area contributed by atoms with E-state index in [1.807, 2.05) is 0 Å². The van der Waals surface area contributed by atoms with Crippen molar-refractivity contribution in [3.05, 3.63) is 29.6 Å². The fourth-order valence-corrected chi connectivity index (χ4v) is 3.25. The van der Waals surface area contributed by atoms with Crippen molar-refractivity contribution in [3.63, 3.8) is 0 Å². The summed E-state index contributed by atoms with van der Waals surface area (Å²) in [6.07, 6.45) is 3.23. The van der Waals surface area contributed by atoms with Crippen molar-refractivity contribution in [1.29, 1.82) is 0 Å². The second kappa shape index (κ2) is 6.37. The number of rotatable bonds is 4. The lowest BCUT2D eigenvalue weighted by Crippen LogP contribution is -2.37. The van der Waals surface area contributed by atoms with E-state index in [1.165, 1.54) is 19.2 Å². The van der Waals surface area contributed by atoms with Crippen LogP contribution in [-0.2, 0) is 0 Å². The fraction of sp³-hybridized carbons (Fsp3) is 0.500. The summed E-state index contributed by atoms with van der Waals surface area (Å²) >= 11 is 3.47. The van der Waals surface area contributed by atoms with Gasteiger partial charge in [0.15, 0.2) is 11.6 Å². The van der Waals surface area contributed by atoms with E-state index in [4.69, 9.17) is 4.74 Å². The normalized spacial score (nSPS) is 22.3. The van der Waals surface area contributed by atoms with Crippen LogP contribution >= 0.6 is 15.9 Å². The summed E-state index contributed by atoms with van der Waals surface area (Å²) in [5.74, 6) is -0.124. The zero-order valence-corrected chi connectivity index (χ0v) is 12.4. The molecular formula is C14H17BrFNO2. The average molecular weight is 330 g/mol. The number of carbonyl (C=O) groups is 1. The van der Waals surface area contributed by atoms with E-state index >= 15 is 0 Å². The molecule has 2 atom stereocenters. The van der Waals surface area contributed by atoms with Crippen LogP contribution in [0.15, 0.2) is 18.2 Å². The molecular weight excluding hydrogens is 313 g/mol. The molecule has 1 aliphatic carbocycles. The molecule has 0 saturated heterocycles. The number of carbonyl (C=O) groups excluding carboxylic acids is 1. The predicted octanol–water partition coefficient (Wildman–Crippen LogP) is 3.13. The molecule has 1 aromatic rings. The van der Waals surface area contributed by atoms with Crippen molar-refractivity contribution < 1.29 is 13.9 Å². The minimum Gasteiger partial charge on any atom is -0.494 e. The minimum atomic E-state index is -0.515. The first-order chi connectivity index (χ1) is 9.15. The quantitative estimate of drug-likeness (QED) is 0.862. The van der Waals surface area contributed by atoms with Gasteiger partial charge in [-0.3, -0.25) is 4.79 Å². The number of benzene rings is 1. The smallest absolute Gasteiger partial charge is 0.251 e. The summed E-state index contributed by atoms with van der Waals surface area (Å²) in [5.41, 5.74) is 0.332. The Morgan fingerprint density at radius 1 is 1.53 bits per heavy atom. The first-order valence-electron chi connectivity index (χ1n) is 6.36. The highest BCUT2D eigenvalue weighted by Gasteiger charge is 2.27. The second-order valence-electron chi connectivity index (χ2n) is 4.77. The molecule has 5 heteroatoms. The molecule has 19 heavy (non-hydrogen) atoms. The molecule has 1 aromatic carbocycles. The number of methoxy groups -OCH3 is 1. The van der Waals surface area contributed by atoms with Crippen molar-refractivity contribution in [3.8, 4) is 5.75 Å². The number of hydrogen-bond acceptors (Lipinski definition) is 2. The Labute approximate surface area is 120 Å². The van der Waals surface area contributed by atoms with E-state index in [0.29, 0.717) is 11.5 Å². The molecule has 1 saturated carbocycles. The summed E-state index contributed by atoms with van der Waals surface area (Å²) < 4.78 is 18.4. The zero-order valence-electron chi connectivity index (χ0n) is 10.8.